The van der Waals surface area contributed by atoms with Gasteiger partial charge in [-0.25, -0.2) is 4.98 Å². The van der Waals surface area contributed by atoms with E-state index in [1.807, 2.05) is 14.0 Å². The van der Waals surface area contributed by atoms with Crippen molar-refractivity contribution in [1.82, 2.24) is 14.8 Å². The fourth-order valence-electron chi connectivity index (χ4n) is 0.844. The van der Waals surface area contributed by atoms with Crippen molar-refractivity contribution < 1.29 is 4.79 Å². The molecule has 0 radical (unpaired) electrons. The van der Waals surface area contributed by atoms with Crippen LogP contribution in [0.4, 0.5) is 0 Å². The van der Waals surface area contributed by atoms with Crippen molar-refractivity contribution in [2.24, 2.45) is 7.05 Å². The highest BCUT2D eigenvalue weighted by Crippen LogP contribution is 2.24. The number of thioether (sulfide) groups is 1. The minimum absolute atomic E-state index is 0.0451. The zero-order valence-electron chi connectivity index (χ0n) is 7.31. The Kier molecular flexibility index (Phi) is 2.86. The van der Waals surface area contributed by atoms with Crippen molar-refractivity contribution >= 4 is 16.9 Å². The van der Waals surface area contributed by atoms with Gasteiger partial charge in [-0.1, -0.05) is 11.8 Å². The van der Waals surface area contributed by atoms with Gasteiger partial charge in [0.15, 0.2) is 10.9 Å². The maximum atomic E-state index is 10.7. The average Bonchev–Trinajstić information content (AvgIpc) is 2.34. The molecule has 0 spiro atoms. The van der Waals surface area contributed by atoms with Crippen molar-refractivity contribution in [3.05, 3.63) is 12.2 Å². The van der Waals surface area contributed by atoms with Crippen molar-refractivity contribution in [3.63, 3.8) is 0 Å². The van der Waals surface area contributed by atoms with Gasteiger partial charge in [-0.15, -0.1) is 0 Å². The smallest absolute Gasteiger partial charge is 0.186 e. The van der Waals surface area contributed by atoms with Crippen LogP contribution in [0.1, 0.15) is 24.9 Å². The van der Waals surface area contributed by atoms with E-state index in [9.17, 15) is 4.79 Å². The van der Waals surface area contributed by atoms with Crippen LogP contribution in [0, 0.1) is 0 Å². The number of hydrogen-bond acceptors (Lipinski definition) is 4. The number of carbonyl (C=O) groups excluding carboxylic acids is 1. The fraction of sp³-hybridized carbons (Fsp3) is 0.571. The summed E-state index contributed by atoms with van der Waals surface area (Å²) < 4.78 is 1.63. The number of aryl methyl sites for hydroxylation is 1. The molecule has 0 bridgehead atoms. The fourth-order valence-corrected chi connectivity index (χ4v) is 1.56. The predicted octanol–water partition coefficient (Wildman–Crippen LogP) is 1.16. The van der Waals surface area contributed by atoms with Crippen LogP contribution < -0.4 is 0 Å². The number of carbonyl (C=O) groups is 1. The lowest BCUT2D eigenvalue weighted by atomic mass is 10.5. The molecule has 5 heteroatoms. The monoisotopic (exact) mass is 185 g/mol. The van der Waals surface area contributed by atoms with Gasteiger partial charge in [0.25, 0.3) is 0 Å². The molecule has 0 aliphatic heterocycles. The molecule has 0 aromatic carbocycles. The molecule has 66 valence electrons. The van der Waals surface area contributed by atoms with E-state index in [1.54, 1.807) is 17.9 Å². The van der Waals surface area contributed by atoms with Crippen LogP contribution in [0.25, 0.3) is 0 Å². The summed E-state index contributed by atoms with van der Waals surface area (Å²) in [6, 6.07) is 0. The molecule has 1 aromatic rings. The standard InChI is InChI=1S/C7H11N3OS/c1-5(12-6(2)11)7-8-4-10(3)9-7/h4-5H,1-3H3. The number of hydrogen-bond donors (Lipinski definition) is 0. The summed E-state index contributed by atoms with van der Waals surface area (Å²) in [6.07, 6.45) is 1.63. The van der Waals surface area contributed by atoms with Crippen LogP contribution >= 0.6 is 11.8 Å². The van der Waals surface area contributed by atoms with Crippen LogP contribution in [0.3, 0.4) is 0 Å². The maximum Gasteiger partial charge on any atom is 0.186 e. The van der Waals surface area contributed by atoms with Gasteiger partial charge in [0.1, 0.15) is 6.33 Å². The summed E-state index contributed by atoms with van der Waals surface area (Å²) in [5.74, 6) is 0.706. The lowest BCUT2D eigenvalue weighted by Crippen LogP contribution is -1.96. The summed E-state index contributed by atoms with van der Waals surface area (Å²) in [6.45, 7) is 3.46. The van der Waals surface area contributed by atoms with E-state index >= 15 is 0 Å². The predicted molar refractivity (Wildman–Crippen MR) is 47.7 cm³/mol. The van der Waals surface area contributed by atoms with E-state index in [1.165, 1.54) is 11.8 Å². The zero-order chi connectivity index (χ0) is 9.14. The largest absolute Gasteiger partial charge is 0.288 e. The van der Waals surface area contributed by atoms with E-state index in [-0.39, 0.29) is 10.4 Å². The average molecular weight is 185 g/mol. The highest BCUT2D eigenvalue weighted by molar-refractivity contribution is 8.13. The second-order valence-electron chi connectivity index (χ2n) is 2.53. The van der Waals surface area contributed by atoms with Gasteiger partial charge in [0.2, 0.25) is 0 Å². The zero-order valence-corrected chi connectivity index (χ0v) is 8.13. The first kappa shape index (κ1) is 9.25. The Morgan fingerprint density at radius 2 is 2.42 bits per heavy atom. The summed E-state index contributed by atoms with van der Waals surface area (Å²) in [5.41, 5.74) is 0. The van der Waals surface area contributed by atoms with E-state index < -0.39 is 0 Å². The van der Waals surface area contributed by atoms with Crippen molar-refractivity contribution in [2.45, 2.75) is 19.1 Å². The molecule has 0 saturated carbocycles. The Bertz CT molecular complexity index is 284. The Morgan fingerprint density at radius 3 is 2.83 bits per heavy atom. The van der Waals surface area contributed by atoms with E-state index in [4.69, 9.17) is 0 Å². The summed E-state index contributed by atoms with van der Waals surface area (Å²) in [4.78, 5) is 14.8. The van der Waals surface area contributed by atoms with Crippen molar-refractivity contribution in [1.29, 1.82) is 0 Å². The SMILES string of the molecule is CC(=O)SC(C)c1ncn(C)n1. The van der Waals surface area contributed by atoms with Gasteiger partial charge in [-0.3, -0.25) is 9.48 Å². The Balaban J connectivity index is 2.64. The van der Waals surface area contributed by atoms with Gasteiger partial charge >= 0.3 is 0 Å². The van der Waals surface area contributed by atoms with E-state index in [0.717, 1.165) is 0 Å². The van der Waals surface area contributed by atoms with Crippen LogP contribution in [-0.2, 0) is 11.8 Å². The van der Waals surface area contributed by atoms with Gasteiger partial charge in [0, 0.05) is 14.0 Å². The molecule has 1 atom stereocenters. The molecule has 0 fully saturated rings. The van der Waals surface area contributed by atoms with E-state index in [0.29, 0.717) is 5.82 Å². The quantitative estimate of drug-likeness (QED) is 0.693. The molecule has 0 aliphatic carbocycles. The highest BCUT2D eigenvalue weighted by atomic mass is 32.2. The van der Waals surface area contributed by atoms with Crippen LogP contribution in [0.15, 0.2) is 6.33 Å². The molecular weight excluding hydrogens is 174 g/mol. The normalized spacial score (nSPS) is 12.9. The van der Waals surface area contributed by atoms with Crippen LogP contribution in [-0.4, -0.2) is 19.9 Å². The van der Waals surface area contributed by atoms with Crippen molar-refractivity contribution in [3.8, 4) is 0 Å². The molecule has 0 saturated heterocycles. The lowest BCUT2D eigenvalue weighted by Gasteiger charge is -2.01. The Labute approximate surface area is 75.4 Å². The number of aromatic nitrogens is 3. The van der Waals surface area contributed by atoms with Gasteiger partial charge in [0.05, 0.1) is 5.25 Å². The third kappa shape index (κ3) is 2.34. The van der Waals surface area contributed by atoms with Gasteiger partial charge in [-0.2, -0.15) is 5.10 Å². The second-order valence-corrected chi connectivity index (χ2v) is 4.05. The minimum Gasteiger partial charge on any atom is -0.288 e. The summed E-state index contributed by atoms with van der Waals surface area (Å²) in [5, 5.41) is 4.23. The first-order chi connectivity index (χ1) is 5.59. The summed E-state index contributed by atoms with van der Waals surface area (Å²) >= 11 is 1.24. The van der Waals surface area contributed by atoms with Crippen molar-refractivity contribution in [2.75, 3.05) is 0 Å². The molecule has 12 heavy (non-hydrogen) atoms. The number of rotatable bonds is 2. The molecule has 1 aromatic heterocycles. The maximum absolute atomic E-state index is 10.7. The summed E-state index contributed by atoms with van der Waals surface area (Å²) in [7, 11) is 1.81. The third-order valence-electron chi connectivity index (χ3n) is 1.32. The highest BCUT2D eigenvalue weighted by Gasteiger charge is 2.12. The molecule has 0 aliphatic rings. The Morgan fingerprint density at radius 1 is 1.75 bits per heavy atom. The Hall–Kier alpha value is -0.840. The lowest BCUT2D eigenvalue weighted by molar-refractivity contribution is -0.109. The first-order valence-corrected chi connectivity index (χ1v) is 4.50. The van der Waals surface area contributed by atoms with Crippen LogP contribution in [0.5, 0.6) is 0 Å². The minimum atomic E-state index is 0.0451. The molecule has 0 N–H and O–H groups in total. The van der Waals surface area contributed by atoms with Gasteiger partial charge < -0.3 is 0 Å². The number of nitrogens with zero attached hydrogens (tertiary/aromatic N) is 3. The first-order valence-electron chi connectivity index (χ1n) is 3.62. The molecule has 1 unspecified atom stereocenters. The topological polar surface area (TPSA) is 47.8 Å². The van der Waals surface area contributed by atoms with E-state index in [2.05, 4.69) is 10.1 Å². The third-order valence-corrected chi connectivity index (χ3v) is 2.22. The second kappa shape index (κ2) is 3.71. The molecule has 1 rings (SSSR count). The molecule has 0 amide bonds. The van der Waals surface area contributed by atoms with Gasteiger partial charge in [-0.05, 0) is 6.92 Å². The molecule has 4 nitrogen and oxygen atoms in total. The molecule has 1 heterocycles. The van der Waals surface area contributed by atoms with Crippen LogP contribution in [0.2, 0.25) is 0 Å². The molecular formula is C7H11N3OS.